The van der Waals surface area contributed by atoms with Crippen molar-refractivity contribution in [3.05, 3.63) is 52.6 Å². The molecule has 0 bridgehead atoms. The Balaban J connectivity index is 2.43. The van der Waals surface area contributed by atoms with Crippen LogP contribution in [0.3, 0.4) is 0 Å². The number of benzene rings is 1. The summed E-state index contributed by atoms with van der Waals surface area (Å²) >= 11 is 0. The molecule has 14 heavy (non-hydrogen) atoms. The highest BCUT2D eigenvalue weighted by molar-refractivity contribution is 5.57. The van der Waals surface area contributed by atoms with Gasteiger partial charge in [0.05, 0.1) is 0 Å². The van der Waals surface area contributed by atoms with Crippen molar-refractivity contribution in [2.24, 2.45) is 0 Å². The minimum absolute atomic E-state index is 1.17. The lowest BCUT2D eigenvalue weighted by Gasteiger charge is -2.09. The van der Waals surface area contributed by atoms with E-state index in [0.29, 0.717) is 0 Å². The highest BCUT2D eigenvalue weighted by Gasteiger charge is 2.02. The Labute approximate surface area is 86.0 Å². The molecule has 1 aromatic rings. The van der Waals surface area contributed by atoms with Crippen molar-refractivity contribution in [2.75, 3.05) is 0 Å². The lowest BCUT2D eigenvalue weighted by molar-refractivity contribution is 0.935. The van der Waals surface area contributed by atoms with Crippen molar-refractivity contribution in [1.82, 2.24) is 0 Å². The van der Waals surface area contributed by atoms with E-state index in [1.807, 2.05) is 0 Å². The lowest BCUT2D eigenvalue weighted by Crippen LogP contribution is -1.93. The zero-order chi connectivity index (χ0) is 9.97. The molecule has 0 radical (unpaired) electrons. The summed E-state index contributed by atoms with van der Waals surface area (Å²) in [5.74, 6) is 0. The molecule has 0 spiro atoms. The molecule has 1 aliphatic rings. The second-order valence-corrected chi connectivity index (χ2v) is 4.07. The minimum Gasteiger partial charge on any atom is -0.0730 e. The van der Waals surface area contributed by atoms with Crippen molar-refractivity contribution in [2.45, 2.75) is 26.7 Å². The van der Waals surface area contributed by atoms with Crippen LogP contribution < -0.4 is 0 Å². The molecule has 72 valence electrons. The Bertz CT molecular complexity index is 394. The van der Waals surface area contributed by atoms with Gasteiger partial charge in [0.25, 0.3) is 0 Å². The van der Waals surface area contributed by atoms with Crippen molar-refractivity contribution in [1.29, 1.82) is 0 Å². The van der Waals surface area contributed by atoms with Crippen LogP contribution in [0.4, 0.5) is 0 Å². The Morgan fingerprint density at radius 3 is 2.79 bits per heavy atom. The van der Waals surface area contributed by atoms with Crippen molar-refractivity contribution in [3.63, 3.8) is 0 Å². The Hall–Kier alpha value is -1.30. The Kier molecular flexibility index (Phi) is 2.53. The van der Waals surface area contributed by atoms with Crippen LogP contribution in [-0.4, -0.2) is 0 Å². The van der Waals surface area contributed by atoms with Gasteiger partial charge in [-0.1, -0.05) is 47.6 Å². The van der Waals surface area contributed by atoms with Crippen molar-refractivity contribution >= 4 is 6.08 Å². The molecule has 0 saturated heterocycles. The fourth-order valence-corrected chi connectivity index (χ4v) is 1.83. The standard InChI is InChI=1S/C14H16/c1-11-4-3-5-14-10-12(2)7-9-13(14)8-6-11/h3-5,7,9-10H,6,8H2,1-2H3/b5-3-,11-4?. The fourth-order valence-electron chi connectivity index (χ4n) is 1.83. The van der Waals surface area contributed by atoms with E-state index in [1.54, 1.807) is 0 Å². The summed E-state index contributed by atoms with van der Waals surface area (Å²) in [7, 11) is 0. The Morgan fingerprint density at radius 2 is 1.93 bits per heavy atom. The van der Waals surface area contributed by atoms with E-state index in [0.717, 1.165) is 0 Å². The Morgan fingerprint density at radius 1 is 1.07 bits per heavy atom. The van der Waals surface area contributed by atoms with Gasteiger partial charge >= 0.3 is 0 Å². The summed E-state index contributed by atoms with van der Waals surface area (Å²) in [5.41, 5.74) is 5.66. The largest absolute Gasteiger partial charge is 0.0730 e. The molecule has 0 aromatic heterocycles. The third-order valence-electron chi connectivity index (χ3n) is 2.75. The molecule has 1 aromatic carbocycles. The van der Waals surface area contributed by atoms with Gasteiger partial charge in [0, 0.05) is 0 Å². The first-order valence-electron chi connectivity index (χ1n) is 5.19. The van der Waals surface area contributed by atoms with Crippen molar-refractivity contribution in [3.8, 4) is 0 Å². The second kappa shape index (κ2) is 3.83. The number of rotatable bonds is 0. The van der Waals surface area contributed by atoms with Gasteiger partial charge in [-0.05, 0) is 37.8 Å². The molecule has 2 rings (SSSR count). The molecule has 0 unspecified atom stereocenters. The summed E-state index contributed by atoms with van der Waals surface area (Å²) in [6, 6.07) is 6.72. The van der Waals surface area contributed by atoms with E-state index in [-0.39, 0.29) is 0 Å². The maximum atomic E-state index is 2.26. The van der Waals surface area contributed by atoms with E-state index in [9.17, 15) is 0 Å². The highest BCUT2D eigenvalue weighted by Crippen LogP contribution is 2.19. The van der Waals surface area contributed by atoms with E-state index in [1.165, 1.54) is 35.1 Å². The van der Waals surface area contributed by atoms with E-state index in [2.05, 4.69) is 50.3 Å². The maximum absolute atomic E-state index is 2.26. The predicted molar refractivity (Wildman–Crippen MR) is 62.3 cm³/mol. The van der Waals surface area contributed by atoms with Gasteiger partial charge in [0.1, 0.15) is 0 Å². The SMILES string of the molecule is CC1=C/C=C\c2cc(C)ccc2CC1. The topological polar surface area (TPSA) is 0 Å². The number of fused-ring (bicyclic) bond motifs is 1. The van der Waals surface area contributed by atoms with E-state index in [4.69, 9.17) is 0 Å². The van der Waals surface area contributed by atoms with Gasteiger partial charge in [-0.3, -0.25) is 0 Å². The predicted octanol–water partition coefficient (Wildman–Crippen LogP) is 3.90. The minimum atomic E-state index is 1.17. The quantitative estimate of drug-likeness (QED) is 0.573. The number of hydrogen-bond acceptors (Lipinski definition) is 0. The molecule has 0 heterocycles. The molecule has 0 nitrogen and oxygen atoms in total. The summed E-state index contributed by atoms with van der Waals surface area (Å²) in [6.45, 7) is 4.34. The highest BCUT2D eigenvalue weighted by atomic mass is 14.1. The van der Waals surface area contributed by atoms with E-state index >= 15 is 0 Å². The van der Waals surface area contributed by atoms with Gasteiger partial charge in [0.2, 0.25) is 0 Å². The zero-order valence-electron chi connectivity index (χ0n) is 8.88. The lowest BCUT2D eigenvalue weighted by atomic mass is 9.96. The first-order chi connectivity index (χ1) is 6.75. The maximum Gasteiger partial charge on any atom is -0.0222 e. The van der Waals surface area contributed by atoms with Crippen LogP contribution in [0.15, 0.2) is 35.9 Å². The smallest absolute Gasteiger partial charge is 0.0222 e. The van der Waals surface area contributed by atoms with Gasteiger partial charge in [-0.15, -0.1) is 0 Å². The van der Waals surface area contributed by atoms with Crippen LogP contribution in [0, 0.1) is 6.92 Å². The average Bonchev–Trinajstić information content (AvgIpc) is 2.13. The molecular weight excluding hydrogens is 168 g/mol. The first-order valence-corrected chi connectivity index (χ1v) is 5.19. The summed E-state index contributed by atoms with van der Waals surface area (Å²) in [4.78, 5) is 0. The third-order valence-corrected chi connectivity index (χ3v) is 2.75. The molecule has 0 amide bonds. The molecule has 1 aliphatic carbocycles. The van der Waals surface area contributed by atoms with E-state index < -0.39 is 0 Å². The second-order valence-electron chi connectivity index (χ2n) is 4.07. The molecule has 0 aliphatic heterocycles. The number of aryl methyl sites for hydroxylation is 2. The molecular formula is C14H16. The van der Waals surface area contributed by atoms with Crippen LogP contribution in [0.1, 0.15) is 30.0 Å². The zero-order valence-corrected chi connectivity index (χ0v) is 8.88. The number of allylic oxidation sites excluding steroid dienone is 3. The monoisotopic (exact) mass is 184 g/mol. The molecule has 0 saturated carbocycles. The van der Waals surface area contributed by atoms with Crippen molar-refractivity contribution < 1.29 is 0 Å². The van der Waals surface area contributed by atoms with Crippen LogP contribution in [0.2, 0.25) is 0 Å². The van der Waals surface area contributed by atoms with Gasteiger partial charge in [-0.25, -0.2) is 0 Å². The molecule has 0 heteroatoms. The fraction of sp³-hybridized carbons (Fsp3) is 0.286. The van der Waals surface area contributed by atoms with Crippen LogP contribution in [-0.2, 0) is 6.42 Å². The van der Waals surface area contributed by atoms with Crippen LogP contribution >= 0.6 is 0 Å². The third kappa shape index (κ3) is 1.95. The normalized spacial score (nSPS) is 17.7. The van der Waals surface area contributed by atoms with Gasteiger partial charge < -0.3 is 0 Å². The molecule has 0 N–H and O–H groups in total. The summed E-state index contributed by atoms with van der Waals surface area (Å²) in [6.07, 6.45) is 8.94. The van der Waals surface area contributed by atoms with Crippen LogP contribution in [0.5, 0.6) is 0 Å². The van der Waals surface area contributed by atoms with Crippen LogP contribution in [0.25, 0.3) is 6.08 Å². The number of hydrogen-bond donors (Lipinski definition) is 0. The first kappa shape index (κ1) is 9.26. The summed E-state index contributed by atoms with van der Waals surface area (Å²) in [5, 5.41) is 0. The summed E-state index contributed by atoms with van der Waals surface area (Å²) < 4.78 is 0. The van der Waals surface area contributed by atoms with Gasteiger partial charge in [0.15, 0.2) is 0 Å². The molecule has 0 fully saturated rings. The molecule has 0 atom stereocenters. The average molecular weight is 184 g/mol. The van der Waals surface area contributed by atoms with Gasteiger partial charge in [-0.2, -0.15) is 0 Å².